The molecule has 0 aliphatic carbocycles. The van der Waals surface area contributed by atoms with Gasteiger partial charge in [-0.05, 0) is 17.7 Å². The van der Waals surface area contributed by atoms with Gasteiger partial charge in [-0.1, -0.05) is 58.4 Å². The predicted octanol–water partition coefficient (Wildman–Crippen LogP) is 3.55. The number of hydrogen-bond acceptors (Lipinski definition) is 4. The van der Waals surface area contributed by atoms with E-state index >= 15 is 0 Å². The van der Waals surface area contributed by atoms with Gasteiger partial charge in [0.15, 0.2) is 5.78 Å². The molecule has 0 radical (unpaired) electrons. The minimum atomic E-state index is -0.629. The Morgan fingerprint density at radius 1 is 0.952 bits per heavy atom. The van der Waals surface area contributed by atoms with E-state index in [4.69, 9.17) is 9.78 Å². The Balaban J connectivity index is 1.93. The Labute approximate surface area is 130 Å². The van der Waals surface area contributed by atoms with Gasteiger partial charge in [-0.3, -0.25) is 9.68 Å². The van der Waals surface area contributed by atoms with Crippen LogP contribution in [0.1, 0.15) is 26.3 Å². The summed E-state index contributed by atoms with van der Waals surface area (Å²) in [4.78, 5) is 33.0. The van der Waals surface area contributed by atoms with Gasteiger partial charge in [0.05, 0.1) is 10.9 Å². The van der Waals surface area contributed by atoms with Crippen LogP contribution in [-0.4, -0.2) is 17.1 Å². The fourth-order valence-corrected chi connectivity index (χ4v) is 1.99. The molecule has 4 nitrogen and oxygen atoms in total. The highest BCUT2D eigenvalue weighted by atomic mass is 79.9. The third kappa shape index (κ3) is 4.51. The second-order valence-electron chi connectivity index (χ2n) is 4.26. The van der Waals surface area contributed by atoms with Crippen LogP contribution in [0.4, 0.5) is 0 Å². The molecule has 2 aromatic rings. The van der Waals surface area contributed by atoms with E-state index in [1.54, 1.807) is 18.2 Å². The van der Waals surface area contributed by atoms with E-state index in [1.807, 2.05) is 30.3 Å². The van der Waals surface area contributed by atoms with Gasteiger partial charge in [0.1, 0.15) is 6.61 Å². The number of alkyl halides is 1. The summed E-state index contributed by atoms with van der Waals surface area (Å²) in [5, 5.41) is 0.204. The standard InChI is InChI=1S/C16H13BrO4/c17-10-15(18)13-7-4-8-14(9-13)16(19)21-20-11-12-5-2-1-3-6-12/h1-9H,10-11H2. The number of ketones is 1. The zero-order valence-corrected chi connectivity index (χ0v) is 12.7. The van der Waals surface area contributed by atoms with E-state index in [9.17, 15) is 9.59 Å². The molecule has 0 saturated heterocycles. The maximum Gasteiger partial charge on any atom is 0.373 e. The van der Waals surface area contributed by atoms with Crippen molar-refractivity contribution < 1.29 is 19.4 Å². The molecule has 0 aromatic heterocycles. The molecule has 0 N–H and O–H groups in total. The summed E-state index contributed by atoms with van der Waals surface area (Å²) >= 11 is 3.09. The minimum absolute atomic E-state index is 0.102. The molecule has 0 aliphatic heterocycles. The normalized spacial score (nSPS) is 10.1. The zero-order valence-electron chi connectivity index (χ0n) is 11.1. The van der Waals surface area contributed by atoms with Crippen LogP contribution in [0.15, 0.2) is 54.6 Å². The fourth-order valence-electron chi connectivity index (χ4n) is 1.67. The highest BCUT2D eigenvalue weighted by Gasteiger charge is 2.11. The first-order valence-electron chi connectivity index (χ1n) is 6.27. The summed E-state index contributed by atoms with van der Waals surface area (Å²) in [7, 11) is 0. The maximum atomic E-state index is 11.8. The first-order valence-corrected chi connectivity index (χ1v) is 7.40. The van der Waals surface area contributed by atoms with Gasteiger partial charge in [0.25, 0.3) is 0 Å². The second kappa shape index (κ2) is 7.71. The Morgan fingerprint density at radius 2 is 1.67 bits per heavy atom. The number of benzene rings is 2. The predicted molar refractivity (Wildman–Crippen MR) is 81.2 cm³/mol. The van der Waals surface area contributed by atoms with E-state index in [1.165, 1.54) is 6.07 Å². The quantitative estimate of drug-likeness (QED) is 0.346. The zero-order chi connectivity index (χ0) is 15.1. The van der Waals surface area contributed by atoms with Crippen LogP contribution in [0.25, 0.3) is 0 Å². The molecule has 0 heterocycles. The fraction of sp³-hybridized carbons (Fsp3) is 0.125. The highest BCUT2D eigenvalue weighted by molar-refractivity contribution is 9.09. The Bertz CT molecular complexity index is 625. The number of hydrogen-bond donors (Lipinski definition) is 0. The van der Waals surface area contributed by atoms with Crippen LogP contribution in [0.5, 0.6) is 0 Å². The maximum absolute atomic E-state index is 11.8. The van der Waals surface area contributed by atoms with Crippen LogP contribution in [-0.2, 0) is 16.4 Å². The number of Topliss-reactive ketones (excluding diaryl/α,β-unsaturated/α-hetero) is 1. The lowest BCUT2D eigenvalue weighted by molar-refractivity contribution is -0.250. The molecule has 0 bridgehead atoms. The SMILES string of the molecule is O=C(CBr)c1cccc(C(=O)OOCc2ccccc2)c1. The molecule has 0 spiro atoms. The molecular weight excluding hydrogens is 336 g/mol. The van der Waals surface area contributed by atoms with Gasteiger partial charge in [0.2, 0.25) is 0 Å². The Kier molecular flexibility index (Phi) is 5.66. The molecule has 0 saturated carbocycles. The molecule has 0 unspecified atom stereocenters. The van der Waals surface area contributed by atoms with E-state index < -0.39 is 5.97 Å². The Morgan fingerprint density at radius 3 is 2.38 bits per heavy atom. The van der Waals surface area contributed by atoms with Crippen LogP contribution in [0, 0.1) is 0 Å². The van der Waals surface area contributed by atoms with E-state index in [2.05, 4.69) is 15.9 Å². The first-order chi connectivity index (χ1) is 10.2. The lowest BCUT2D eigenvalue weighted by Crippen LogP contribution is -2.08. The Hall–Kier alpha value is -1.98. The molecule has 0 aliphatic rings. The second-order valence-corrected chi connectivity index (χ2v) is 4.82. The van der Waals surface area contributed by atoms with E-state index in [-0.39, 0.29) is 23.3 Å². The molecule has 21 heavy (non-hydrogen) atoms. The smallest absolute Gasteiger partial charge is 0.293 e. The molecule has 2 aromatic carbocycles. The molecule has 0 fully saturated rings. The summed E-state index contributed by atoms with van der Waals surface area (Å²) in [5.41, 5.74) is 1.62. The number of rotatable bonds is 6. The van der Waals surface area contributed by atoms with Gasteiger partial charge in [-0.25, -0.2) is 4.79 Å². The first kappa shape index (κ1) is 15.4. The van der Waals surface area contributed by atoms with Crippen molar-refractivity contribution in [2.45, 2.75) is 6.61 Å². The summed E-state index contributed by atoms with van der Waals surface area (Å²) in [6.45, 7) is 0.173. The summed E-state index contributed by atoms with van der Waals surface area (Å²) in [6, 6.07) is 15.7. The molecule has 0 amide bonds. The third-order valence-corrected chi connectivity index (χ3v) is 3.25. The highest BCUT2D eigenvalue weighted by Crippen LogP contribution is 2.10. The molecule has 2 rings (SSSR count). The van der Waals surface area contributed by atoms with E-state index in [0.29, 0.717) is 5.56 Å². The van der Waals surface area contributed by atoms with Crippen molar-refractivity contribution in [3.63, 3.8) is 0 Å². The summed E-state index contributed by atoms with van der Waals surface area (Å²) in [6.07, 6.45) is 0. The van der Waals surface area contributed by atoms with Crippen molar-refractivity contribution in [3.8, 4) is 0 Å². The van der Waals surface area contributed by atoms with E-state index in [0.717, 1.165) is 5.56 Å². The third-order valence-electron chi connectivity index (χ3n) is 2.74. The van der Waals surface area contributed by atoms with Crippen LogP contribution >= 0.6 is 15.9 Å². The van der Waals surface area contributed by atoms with Crippen molar-refractivity contribution in [1.82, 2.24) is 0 Å². The van der Waals surface area contributed by atoms with Gasteiger partial charge in [0, 0.05) is 5.56 Å². The molecule has 0 atom stereocenters. The number of halogens is 1. The lowest BCUT2D eigenvalue weighted by atomic mass is 10.1. The number of carbonyl (C=O) groups is 2. The average molecular weight is 349 g/mol. The van der Waals surface area contributed by atoms with Crippen LogP contribution in [0.3, 0.4) is 0 Å². The van der Waals surface area contributed by atoms with Crippen molar-refractivity contribution in [3.05, 3.63) is 71.3 Å². The van der Waals surface area contributed by atoms with Gasteiger partial charge >= 0.3 is 5.97 Å². The molecule has 5 heteroatoms. The van der Waals surface area contributed by atoms with Crippen molar-refractivity contribution >= 4 is 27.7 Å². The van der Waals surface area contributed by atoms with Crippen molar-refractivity contribution in [2.75, 3.05) is 5.33 Å². The summed E-state index contributed by atoms with van der Waals surface area (Å²) < 4.78 is 0. The van der Waals surface area contributed by atoms with Crippen LogP contribution in [0.2, 0.25) is 0 Å². The monoisotopic (exact) mass is 348 g/mol. The number of carbonyl (C=O) groups excluding carboxylic acids is 2. The average Bonchev–Trinajstić information content (AvgIpc) is 2.55. The minimum Gasteiger partial charge on any atom is -0.293 e. The van der Waals surface area contributed by atoms with Crippen LogP contribution < -0.4 is 0 Å². The van der Waals surface area contributed by atoms with Gasteiger partial charge in [-0.15, -0.1) is 0 Å². The largest absolute Gasteiger partial charge is 0.373 e. The topological polar surface area (TPSA) is 52.6 Å². The van der Waals surface area contributed by atoms with Gasteiger partial charge in [-0.2, -0.15) is 4.89 Å². The summed E-state index contributed by atoms with van der Waals surface area (Å²) in [5.74, 6) is -0.731. The molecular formula is C16H13BrO4. The lowest BCUT2D eigenvalue weighted by Gasteiger charge is -2.05. The van der Waals surface area contributed by atoms with Crippen molar-refractivity contribution in [2.24, 2.45) is 0 Å². The van der Waals surface area contributed by atoms with Crippen molar-refractivity contribution in [1.29, 1.82) is 0 Å². The van der Waals surface area contributed by atoms with Gasteiger partial charge < -0.3 is 0 Å². The molecule has 108 valence electrons.